The first-order chi connectivity index (χ1) is 6.38. The van der Waals surface area contributed by atoms with Gasteiger partial charge in [-0.15, -0.1) is 11.6 Å². The van der Waals surface area contributed by atoms with E-state index in [4.69, 9.17) is 11.6 Å². The SMILES string of the molecule is CCCN(CCCl)c1cc[c]cc1. The largest absolute Gasteiger partial charge is 0.370 e. The van der Waals surface area contributed by atoms with Crippen molar-refractivity contribution in [3.63, 3.8) is 0 Å². The normalized spacial score (nSPS) is 10.0. The van der Waals surface area contributed by atoms with Gasteiger partial charge in [0.25, 0.3) is 0 Å². The number of alkyl halides is 1. The standard InChI is InChI=1S/C11H15ClN/c1-2-9-13(10-8-12)11-6-4-3-5-7-11/h4-7H,2,8-10H2,1H3. The number of halogens is 1. The Bertz CT molecular complexity index is 217. The van der Waals surface area contributed by atoms with Gasteiger partial charge in [0.05, 0.1) is 0 Å². The lowest BCUT2D eigenvalue weighted by Gasteiger charge is -2.22. The van der Waals surface area contributed by atoms with Crippen LogP contribution in [-0.4, -0.2) is 19.0 Å². The van der Waals surface area contributed by atoms with Crippen LogP contribution in [0.1, 0.15) is 13.3 Å². The third-order valence-corrected chi connectivity index (χ3v) is 2.08. The van der Waals surface area contributed by atoms with Gasteiger partial charge in [0.2, 0.25) is 0 Å². The van der Waals surface area contributed by atoms with Crippen LogP contribution in [0.5, 0.6) is 0 Å². The average molecular weight is 197 g/mol. The lowest BCUT2D eigenvalue weighted by atomic mass is 10.3. The van der Waals surface area contributed by atoms with Crippen LogP contribution in [0.15, 0.2) is 24.3 Å². The molecule has 71 valence electrons. The minimum Gasteiger partial charge on any atom is -0.370 e. The van der Waals surface area contributed by atoms with Crippen molar-refractivity contribution < 1.29 is 0 Å². The summed E-state index contributed by atoms with van der Waals surface area (Å²) in [5.41, 5.74) is 1.24. The zero-order valence-corrected chi connectivity index (χ0v) is 8.72. The number of hydrogen-bond acceptors (Lipinski definition) is 1. The molecule has 0 saturated carbocycles. The molecule has 0 saturated heterocycles. The smallest absolute Gasteiger partial charge is 0.0399 e. The highest BCUT2D eigenvalue weighted by Crippen LogP contribution is 2.12. The molecule has 0 aliphatic carbocycles. The number of anilines is 1. The van der Waals surface area contributed by atoms with Crippen LogP contribution in [0.25, 0.3) is 0 Å². The molecule has 0 fully saturated rings. The molecule has 0 bridgehead atoms. The van der Waals surface area contributed by atoms with Crippen molar-refractivity contribution in [1.29, 1.82) is 0 Å². The van der Waals surface area contributed by atoms with Gasteiger partial charge in [-0.25, -0.2) is 0 Å². The highest BCUT2D eigenvalue weighted by atomic mass is 35.5. The predicted molar refractivity (Wildman–Crippen MR) is 58.5 cm³/mol. The van der Waals surface area contributed by atoms with Gasteiger partial charge < -0.3 is 4.90 Å². The topological polar surface area (TPSA) is 3.24 Å². The monoisotopic (exact) mass is 196 g/mol. The summed E-state index contributed by atoms with van der Waals surface area (Å²) in [6.07, 6.45) is 1.15. The van der Waals surface area contributed by atoms with E-state index in [1.54, 1.807) is 0 Å². The van der Waals surface area contributed by atoms with Gasteiger partial charge >= 0.3 is 0 Å². The van der Waals surface area contributed by atoms with Crippen molar-refractivity contribution in [3.05, 3.63) is 30.3 Å². The van der Waals surface area contributed by atoms with Crippen LogP contribution in [0, 0.1) is 6.07 Å². The van der Waals surface area contributed by atoms with Gasteiger partial charge in [-0.2, -0.15) is 0 Å². The van der Waals surface area contributed by atoms with E-state index < -0.39 is 0 Å². The molecular weight excluding hydrogens is 182 g/mol. The molecular formula is C11H15ClN. The van der Waals surface area contributed by atoms with E-state index in [9.17, 15) is 0 Å². The molecule has 1 nitrogen and oxygen atoms in total. The van der Waals surface area contributed by atoms with Gasteiger partial charge in [-0.3, -0.25) is 0 Å². The summed E-state index contributed by atoms with van der Waals surface area (Å²) in [6.45, 7) is 4.16. The zero-order valence-electron chi connectivity index (χ0n) is 7.96. The molecule has 0 aromatic heterocycles. The van der Waals surface area contributed by atoms with Crippen molar-refractivity contribution in [1.82, 2.24) is 0 Å². The predicted octanol–water partition coefficient (Wildman–Crippen LogP) is 2.94. The Morgan fingerprint density at radius 2 is 2.00 bits per heavy atom. The van der Waals surface area contributed by atoms with Crippen LogP contribution in [-0.2, 0) is 0 Å². The molecule has 13 heavy (non-hydrogen) atoms. The second-order valence-corrected chi connectivity index (χ2v) is 3.31. The van der Waals surface area contributed by atoms with Crippen molar-refractivity contribution in [2.75, 3.05) is 23.9 Å². The Labute approximate surface area is 85.3 Å². The highest BCUT2D eigenvalue weighted by molar-refractivity contribution is 6.18. The molecule has 1 rings (SSSR count). The van der Waals surface area contributed by atoms with Gasteiger partial charge in [0.15, 0.2) is 0 Å². The Hall–Kier alpha value is -0.690. The second kappa shape index (κ2) is 5.87. The molecule has 0 amide bonds. The third-order valence-electron chi connectivity index (χ3n) is 1.91. The molecule has 0 N–H and O–H groups in total. The van der Waals surface area contributed by atoms with Crippen molar-refractivity contribution in [2.45, 2.75) is 13.3 Å². The lowest BCUT2D eigenvalue weighted by molar-refractivity contribution is 0.794. The fourth-order valence-corrected chi connectivity index (χ4v) is 1.53. The van der Waals surface area contributed by atoms with Crippen LogP contribution < -0.4 is 4.90 Å². The van der Waals surface area contributed by atoms with E-state index in [1.807, 2.05) is 12.1 Å². The molecule has 2 heteroatoms. The second-order valence-electron chi connectivity index (χ2n) is 2.93. The van der Waals surface area contributed by atoms with Gasteiger partial charge in [-0.1, -0.05) is 19.1 Å². The molecule has 0 aliphatic rings. The summed E-state index contributed by atoms with van der Waals surface area (Å²) in [7, 11) is 0. The minimum atomic E-state index is 0.679. The van der Waals surface area contributed by atoms with Crippen LogP contribution in [0.3, 0.4) is 0 Å². The maximum absolute atomic E-state index is 5.73. The fourth-order valence-electron chi connectivity index (χ4n) is 1.33. The Kier molecular flexibility index (Phi) is 4.69. The fraction of sp³-hybridized carbons (Fsp3) is 0.455. The summed E-state index contributed by atoms with van der Waals surface area (Å²) in [6, 6.07) is 11.0. The molecule has 0 heterocycles. The van der Waals surface area contributed by atoms with Crippen LogP contribution in [0.4, 0.5) is 5.69 Å². The van der Waals surface area contributed by atoms with Gasteiger partial charge in [0, 0.05) is 24.7 Å². The number of benzene rings is 1. The van der Waals surface area contributed by atoms with E-state index in [0.717, 1.165) is 19.5 Å². The number of hydrogen-bond donors (Lipinski definition) is 0. The summed E-state index contributed by atoms with van der Waals surface area (Å²) < 4.78 is 0. The lowest BCUT2D eigenvalue weighted by Crippen LogP contribution is -2.25. The van der Waals surface area contributed by atoms with Crippen molar-refractivity contribution >= 4 is 17.3 Å². The third kappa shape index (κ3) is 3.27. The van der Waals surface area contributed by atoms with Gasteiger partial charge in [0.1, 0.15) is 0 Å². The molecule has 0 atom stereocenters. The summed E-state index contributed by atoms with van der Waals surface area (Å²) in [5, 5.41) is 0. The number of nitrogens with zero attached hydrogens (tertiary/aromatic N) is 1. The molecule has 1 radical (unpaired) electrons. The summed E-state index contributed by atoms with van der Waals surface area (Å²) >= 11 is 5.73. The van der Waals surface area contributed by atoms with Crippen LogP contribution >= 0.6 is 11.6 Å². The first kappa shape index (κ1) is 10.4. The van der Waals surface area contributed by atoms with E-state index in [1.165, 1.54) is 5.69 Å². The minimum absolute atomic E-state index is 0.679. The van der Waals surface area contributed by atoms with Crippen LogP contribution in [0.2, 0.25) is 0 Å². The highest BCUT2D eigenvalue weighted by Gasteiger charge is 2.02. The maximum Gasteiger partial charge on any atom is 0.0399 e. The van der Waals surface area contributed by atoms with E-state index >= 15 is 0 Å². The Morgan fingerprint density at radius 3 is 2.54 bits per heavy atom. The molecule has 1 aromatic rings. The van der Waals surface area contributed by atoms with Crippen molar-refractivity contribution in [3.8, 4) is 0 Å². The molecule has 0 aliphatic heterocycles. The zero-order chi connectivity index (χ0) is 9.52. The average Bonchev–Trinajstić information content (AvgIpc) is 2.19. The number of rotatable bonds is 5. The molecule has 1 aromatic carbocycles. The molecule has 0 spiro atoms. The molecule has 0 unspecified atom stereocenters. The van der Waals surface area contributed by atoms with E-state index in [-0.39, 0.29) is 0 Å². The van der Waals surface area contributed by atoms with Crippen molar-refractivity contribution in [2.24, 2.45) is 0 Å². The van der Waals surface area contributed by atoms with E-state index in [2.05, 4.69) is 30.0 Å². The first-order valence-corrected chi connectivity index (χ1v) is 5.19. The summed E-state index contributed by atoms with van der Waals surface area (Å²) in [5.74, 6) is 0.679. The van der Waals surface area contributed by atoms with E-state index in [0.29, 0.717) is 5.88 Å². The summed E-state index contributed by atoms with van der Waals surface area (Å²) in [4.78, 5) is 2.29. The Balaban J connectivity index is 2.64. The first-order valence-electron chi connectivity index (χ1n) is 4.65. The van der Waals surface area contributed by atoms with Gasteiger partial charge in [-0.05, 0) is 24.6 Å². The quantitative estimate of drug-likeness (QED) is 0.655. The maximum atomic E-state index is 5.73. The Morgan fingerprint density at radius 1 is 1.31 bits per heavy atom.